The van der Waals surface area contributed by atoms with Crippen LogP contribution in [0.15, 0.2) is 29.4 Å². The number of hydrazone groups is 1. The lowest BCUT2D eigenvalue weighted by Gasteiger charge is -2.22. The van der Waals surface area contributed by atoms with Crippen LogP contribution in [0.4, 0.5) is 0 Å². The largest absolute Gasteiger partial charge is 0.332 e. The highest BCUT2D eigenvalue weighted by molar-refractivity contribution is 7.79. The van der Waals surface area contributed by atoms with Crippen LogP contribution in [0.2, 0.25) is 0 Å². The lowest BCUT2D eigenvalue weighted by atomic mass is 10.1. The van der Waals surface area contributed by atoms with Crippen molar-refractivity contribution >= 4 is 23.4 Å². The van der Waals surface area contributed by atoms with E-state index in [-0.39, 0.29) is 6.17 Å². The van der Waals surface area contributed by atoms with Gasteiger partial charge in [0.2, 0.25) is 0 Å². The first-order chi connectivity index (χ1) is 7.63. The molecule has 0 fully saturated rings. The Morgan fingerprint density at radius 2 is 1.88 bits per heavy atom. The Morgan fingerprint density at radius 1 is 1.25 bits per heavy atom. The van der Waals surface area contributed by atoms with E-state index in [1.54, 1.807) is 5.37 Å². The Morgan fingerprint density at radius 3 is 2.38 bits per heavy atom. The maximum Gasteiger partial charge on any atom is 0.157 e. The van der Waals surface area contributed by atoms with E-state index in [0.29, 0.717) is 0 Å². The molecule has 3 nitrogen and oxygen atoms in total. The molecular formula is C12H15N3S. The van der Waals surface area contributed by atoms with Crippen LogP contribution in [-0.4, -0.2) is 41.4 Å². The van der Waals surface area contributed by atoms with Gasteiger partial charge in [0, 0.05) is 25.0 Å². The fraction of sp³-hybridized carbons (Fsp3) is 0.333. The Kier molecular flexibility index (Phi) is 2.92. The van der Waals surface area contributed by atoms with Crippen LogP contribution in [-0.2, 0) is 0 Å². The molecule has 0 amide bonds. The van der Waals surface area contributed by atoms with Crippen molar-refractivity contribution in [3.63, 3.8) is 0 Å². The van der Waals surface area contributed by atoms with Crippen molar-refractivity contribution in [2.75, 3.05) is 14.1 Å². The van der Waals surface area contributed by atoms with Crippen LogP contribution in [0, 0.1) is 6.92 Å². The van der Waals surface area contributed by atoms with Crippen molar-refractivity contribution in [2.45, 2.75) is 13.1 Å². The smallest absolute Gasteiger partial charge is 0.157 e. The first-order valence-electron chi connectivity index (χ1n) is 5.20. The molecule has 1 aliphatic heterocycles. The van der Waals surface area contributed by atoms with Gasteiger partial charge in [0.1, 0.15) is 6.17 Å². The SMILES string of the molecule is Cc1ccc(C2=NN(C)C(C=S)N2C)cc1. The van der Waals surface area contributed by atoms with Crippen LogP contribution >= 0.6 is 12.2 Å². The fourth-order valence-electron chi connectivity index (χ4n) is 1.80. The van der Waals surface area contributed by atoms with E-state index in [2.05, 4.69) is 41.2 Å². The minimum Gasteiger partial charge on any atom is -0.332 e. The number of benzene rings is 1. The Labute approximate surface area is 101 Å². The van der Waals surface area contributed by atoms with E-state index in [1.807, 2.05) is 19.1 Å². The second kappa shape index (κ2) is 4.22. The molecule has 1 aromatic rings. The molecule has 0 bridgehead atoms. The van der Waals surface area contributed by atoms with Gasteiger partial charge in [0.05, 0.1) is 0 Å². The van der Waals surface area contributed by atoms with Crippen molar-refractivity contribution in [3.05, 3.63) is 35.4 Å². The molecule has 1 aliphatic rings. The quantitative estimate of drug-likeness (QED) is 0.727. The molecular weight excluding hydrogens is 218 g/mol. The zero-order valence-corrected chi connectivity index (χ0v) is 10.5. The van der Waals surface area contributed by atoms with Crippen LogP contribution in [0.3, 0.4) is 0 Å². The van der Waals surface area contributed by atoms with Crippen molar-refractivity contribution in [3.8, 4) is 0 Å². The minimum atomic E-state index is 0.0753. The predicted molar refractivity (Wildman–Crippen MR) is 70.7 cm³/mol. The summed E-state index contributed by atoms with van der Waals surface area (Å²) in [4.78, 5) is 2.08. The van der Waals surface area contributed by atoms with Gasteiger partial charge < -0.3 is 4.90 Å². The third kappa shape index (κ3) is 1.80. The molecule has 0 aliphatic carbocycles. The molecule has 0 spiro atoms. The van der Waals surface area contributed by atoms with Gasteiger partial charge in [-0.3, -0.25) is 5.01 Å². The van der Waals surface area contributed by atoms with Crippen molar-refractivity contribution in [1.82, 2.24) is 9.91 Å². The second-order valence-electron chi connectivity index (χ2n) is 4.02. The second-order valence-corrected chi connectivity index (χ2v) is 4.30. The molecule has 1 atom stereocenters. The lowest BCUT2D eigenvalue weighted by Crippen LogP contribution is -2.38. The standard InChI is InChI=1S/C12H15N3S/c1-9-4-6-10(7-5-9)12-13-15(3)11(8-16)14(12)2/h4-8,11H,1-3H3. The summed E-state index contributed by atoms with van der Waals surface area (Å²) in [6, 6.07) is 8.36. The first-order valence-corrected chi connectivity index (χ1v) is 5.67. The average molecular weight is 233 g/mol. The van der Waals surface area contributed by atoms with E-state index < -0.39 is 0 Å². The summed E-state index contributed by atoms with van der Waals surface area (Å²) in [7, 11) is 3.95. The fourth-order valence-corrected chi connectivity index (χ4v) is 2.16. The maximum atomic E-state index is 5.01. The van der Waals surface area contributed by atoms with E-state index in [4.69, 9.17) is 12.2 Å². The number of aryl methyl sites for hydroxylation is 1. The molecule has 16 heavy (non-hydrogen) atoms. The highest BCUT2D eigenvalue weighted by Gasteiger charge is 2.27. The number of amidine groups is 1. The van der Waals surface area contributed by atoms with E-state index >= 15 is 0 Å². The van der Waals surface area contributed by atoms with Gasteiger partial charge in [-0.05, 0) is 6.92 Å². The summed E-state index contributed by atoms with van der Waals surface area (Å²) < 4.78 is 0. The van der Waals surface area contributed by atoms with Gasteiger partial charge in [0.25, 0.3) is 0 Å². The van der Waals surface area contributed by atoms with E-state index in [0.717, 1.165) is 11.4 Å². The highest BCUT2D eigenvalue weighted by atomic mass is 32.1. The van der Waals surface area contributed by atoms with Crippen LogP contribution < -0.4 is 0 Å². The molecule has 0 N–H and O–H groups in total. The van der Waals surface area contributed by atoms with Crippen molar-refractivity contribution < 1.29 is 0 Å². The van der Waals surface area contributed by atoms with Crippen molar-refractivity contribution in [1.29, 1.82) is 0 Å². The third-order valence-electron chi connectivity index (χ3n) is 2.80. The normalized spacial score (nSPS) is 19.9. The van der Waals surface area contributed by atoms with Crippen LogP contribution in [0.5, 0.6) is 0 Å². The van der Waals surface area contributed by atoms with Crippen molar-refractivity contribution in [2.24, 2.45) is 5.10 Å². The zero-order chi connectivity index (χ0) is 11.7. The van der Waals surface area contributed by atoms with Gasteiger partial charge in [-0.25, -0.2) is 0 Å². The summed E-state index contributed by atoms with van der Waals surface area (Å²) >= 11 is 5.01. The molecule has 84 valence electrons. The number of rotatable bonds is 2. The number of thiocarbonyl (C=S) groups is 1. The summed E-state index contributed by atoms with van der Waals surface area (Å²) in [5.74, 6) is 0.966. The van der Waals surface area contributed by atoms with Crippen LogP contribution in [0.1, 0.15) is 11.1 Å². The molecule has 0 saturated heterocycles. The van der Waals surface area contributed by atoms with Crippen LogP contribution in [0.25, 0.3) is 0 Å². The number of hydrogen-bond acceptors (Lipinski definition) is 4. The average Bonchev–Trinajstić information content (AvgIpc) is 2.55. The Balaban J connectivity index is 2.32. The molecule has 1 unspecified atom stereocenters. The maximum absolute atomic E-state index is 5.01. The topological polar surface area (TPSA) is 18.8 Å². The van der Waals surface area contributed by atoms with Gasteiger partial charge in [-0.15, -0.1) is 0 Å². The third-order valence-corrected chi connectivity index (χ3v) is 3.04. The van der Waals surface area contributed by atoms with Gasteiger partial charge >= 0.3 is 0 Å². The van der Waals surface area contributed by atoms with Gasteiger partial charge in [-0.2, -0.15) is 5.10 Å². The number of hydrogen-bond donors (Lipinski definition) is 0. The minimum absolute atomic E-state index is 0.0753. The first kappa shape index (κ1) is 11.1. The zero-order valence-electron chi connectivity index (χ0n) is 9.71. The molecule has 2 rings (SSSR count). The van der Waals surface area contributed by atoms with Gasteiger partial charge in [-0.1, -0.05) is 42.0 Å². The summed E-state index contributed by atoms with van der Waals surface area (Å²) in [5, 5.41) is 8.10. The Hall–Kier alpha value is -1.42. The molecule has 0 radical (unpaired) electrons. The summed E-state index contributed by atoms with van der Waals surface area (Å²) in [6.45, 7) is 2.08. The molecule has 0 saturated carbocycles. The summed E-state index contributed by atoms with van der Waals surface area (Å²) in [6.07, 6.45) is 0.0753. The molecule has 0 aromatic heterocycles. The number of nitrogens with zero attached hydrogens (tertiary/aromatic N) is 3. The molecule has 1 heterocycles. The summed E-state index contributed by atoms with van der Waals surface area (Å²) in [5.41, 5.74) is 2.38. The Bertz CT molecular complexity index is 424. The van der Waals surface area contributed by atoms with E-state index in [9.17, 15) is 0 Å². The monoisotopic (exact) mass is 233 g/mol. The molecule has 4 heteroatoms. The highest BCUT2D eigenvalue weighted by Crippen LogP contribution is 2.17. The van der Waals surface area contributed by atoms with Gasteiger partial charge in [0.15, 0.2) is 5.84 Å². The lowest BCUT2D eigenvalue weighted by molar-refractivity contribution is 0.253. The molecule has 1 aromatic carbocycles. The van der Waals surface area contributed by atoms with E-state index in [1.165, 1.54) is 5.56 Å². The predicted octanol–water partition coefficient (Wildman–Crippen LogP) is 1.86.